The van der Waals surface area contributed by atoms with Gasteiger partial charge in [-0.3, -0.25) is 9.36 Å². The van der Waals surface area contributed by atoms with Gasteiger partial charge in [0.05, 0.1) is 0 Å². The molecule has 0 saturated heterocycles. The molecule has 0 aromatic heterocycles. The van der Waals surface area contributed by atoms with Crippen molar-refractivity contribution in [3.05, 3.63) is 71.8 Å². The second kappa shape index (κ2) is 11.8. The molecule has 172 valence electrons. The highest BCUT2D eigenvalue weighted by Crippen LogP contribution is 2.51. The number of alkyl carbamates (subject to hydrolysis) is 1. The van der Waals surface area contributed by atoms with Crippen LogP contribution in [-0.2, 0) is 32.0 Å². The topological polar surface area (TPSA) is 102 Å². The number of carbonyl (C=O) groups excluding carboxylic acids is 2. The van der Waals surface area contributed by atoms with Gasteiger partial charge in [0.15, 0.2) is 0 Å². The molecule has 0 spiro atoms. The molecule has 1 aliphatic rings. The predicted molar refractivity (Wildman–Crippen MR) is 121 cm³/mol. The van der Waals surface area contributed by atoms with Crippen molar-refractivity contribution in [3.8, 4) is 0 Å². The number of carbonyl (C=O) groups is 2. The Hall–Kier alpha value is -2.63. The van der Waals surface area contributed by atoms with Crippen LogP contribution >= 0.6 is 7.37 Å². The zero-order valence-electron chi connectivity index (χ0n) is 18.0. The molecular formula is C24H30NO6P. The summed E-state index contributed by atoms with van der Waals surface area (Å²) in [5.41, 5.74) is 1.67. The van der Waals surface area contributed by atoms with Gasteiger partial charge < -0.3 is 19.7 Å². The summed E-state index contributed by atoms with van der Waals surface area (Å²) in [6.45, 7) is 0.187. The Morgan fingerprint density at radius 2 is 1.53 bits per heavy atom. The first-order chi connectivity index (χ1) is 15.4. The average molecular weight is 459 g/mol. The summed E-state index contributed by atoms with van der Waals surface area (Å²) < 4.78 is 23.5. The largest absolute Gasteiger partial charge is 0.461 e. The molecule has 1 aliphatic carbocycles. The first-order valence-electron chi connectivity index (χ1n) is 10.9. The Labute approximate surface area is 188 Å². The van der Waals surface area contributed by atoms with Crippen LogP contribution in [0.1, 0.15) is 43.2 Å². The van der Waals surface area contributed by atoms with E-state index >= 15 is 0 Å². The number of amides is 1. The molecule has 0 bridgehead atoms. The summed E-state index contributed by atoms with van der Waals surface area (Å²) in [6.07, 6.45) is 2.16. The standard InChI is InChI=1S/C24H30NO6P/c26-23(30-16-19-8-3-1-4-9-19)15-14-22(32(28,29)18-21-12-7-13-21)25-24(27)31-17-20-10-5-2-6-11-20/h1-6,8-11,21-22H,7,12-18H2,(H,25,27)(H,28,29). The van der Waals surface area contributed by atoms with E-state index < -0.39 is 25.2 Å². The predicted octanol–water partition coefficient (Wildman–Crippen LogP) is 4.83. The summed E-state index contributed by atoms with van der Waals surface area (Å²) in [6, 6.07) is 18.4. The van der Waals surface area contributed by atoms with E-state index in [0.717, 1.165) is 30.4 Å². The first kappa shape index (κ1) is 24.0. The van der Waals surface area contributed by atoms with E-state index in [1.807, 2.05) is 60.7 Å². The Kier molecular flexibility index (Phi) is 8.89. The van der Waals surface area contributed by atoms with Gasteiger partial charge in [-0.1, -0.05) is 67.1 Å². The van der Waals surface area contributed by atoms with Crippen molar-refractivity contribution in [2.45, 2.75) is 51.1 Å². The Balaban J connectivity index is 1.54. The molecule has 1 amide bonds. The maximum atomic E-state index is 13.1. The van der Waals surface area contributed by atoms with E-state index in [9.17, 15) is 19.0 Å². The lowest BCUT2D eigenvalue weighted by atomic mass is 9.87. The zero-order valence-corrected chi connectivity index (χ0v) is 18.9. The molecule has 1 fully saturated rings. The van der Waals surface area contributed by atoms with Crippen molar-refractivity contribution in [1.29, 1.82) is 0 Å². The fourth-order valence-electron chi connectivity index (χ4n) is 3.51. The molecule has 2 aromatic carbocycles. The lowest BCUT2D eigenvalue weighted by molar-refractivity contribution is -0.145. The summed E-state index contributed by atoms with van der Waals surface area (Å²) >= 11 is 0. The molecule has 0 aliphatic heterocycles. The summed E-state index contributed by atoms with van der Waals surface area (Å²) in [5.74, 6) is -1.36. The van der Waals surface area contributed by atoms with Crippen LogP contribution in [0.4, 0.5) is 4.79 Å². The summed E-state index contributed by atoms with van der Waals surface area (Å²) in [7, 11) is -3.73. The molecule has 3 rings (SSSR count). The van der Waals surface area contributed by atoms with Crippen LogP contribution in [0.2, 0.25) is 0 Å². The SMILES string of the molecule is O=C(CCC(NC(=O)OCc1ccccc1)P(=O)(O)CC1CCC1)OCc1ccccc1. The highest BCUT2D eigenvalue weighted by atomic mass is 31.2. The molecule has 2 unspecified atom stereocenters. The second-order valence-electron chi connectivity index (χ2n) is 8.14. The molecule has 2 N–H and O–H groups in total. The number of hydrogen-bond acceptors (Lipinski definition) is 5. The van der Waals surface area contributed by atoms with Crippen molar-refractivity contribution in [2.24, 2.45) is 5.92 Å². The van der Waals surface area contributed by atoms with Gasteiger partial charge in [-0.2, -0.15) is 0 Å². The lowest BCUT2D eigenvalue weighted by Gasteiger charge is -2.31. The van der Waals surface area contributed by atoms with Crippen LogP contribution in [0.3, 0.4) is 0 Å². The molecule has 32 heavy (non-hydrogen) atoms. The van der Waals surface area contributed by atoms with Gasteiger partial charge in [-0.25, -0.2) is 4.79 Å². The quantitative estimate of drug-likeness (QED) is 0.369. The minimum atomic E-state index is -3.73. The highest BCUT2D eigenvalue weighted by molar-refractivity contribution is 7.58. The van der Waals surface area contributed by atoms with E-state index in [0.29, 0.717) is 0 Å². The number of rotatable bonds is 11. The van der Waals surface area contributed by atoms with Crippen LogP contribution < -0.4 is 5.32 Å². The van der Waals surface area contributed by atoms with Crippen molar-refractivity contribution >= 4 is 19.4 Å². The van der Waals surface area contributed by atoms with Crippen molar-refractivity contribution in [1.82, 2.24) is 5.32 Å². The van der Waals surface area contributed by atoms with Crippen molar-refractivity contribution in [3.63, 3.8) is 0 Å². The highest BCUT2D eigenvalue weighted by Gasteiger charge is 2.37. The maximum absolute atomic E-state index is 13.1. The van der Waals surface area contributed by atoms with E-state index in [1.165, 1.54) is 0 Å². The van der Waals surface area contributed by atoms with Gasteiger partial charge in [-0.05, 0) is 36.3 Å². The third kappa shape index (κ3) is 7.81. The van der Waals surface area contributed by atoms with Gasteiger partial charge >= 0.3 is 12.1 Å². The Morgan fingerprint density at radius 1 is 0.969 bits per heavy atom. The van der Waals surface area contributed by atoms with Crippen LogP contribution in [0.5, 0.6) is 0 Å². The number of esters is 1. The first-order valence-corrected chi connectivity index (χ1v) is 12.8. The molecule has 1 saturated carbocycles. The van der Waals surface area contributed by atoms with Crippen molar-refractivity contribution < 1.29 is 28.5 Å². The van der Waals surface area contributed by atoms with E-state index in [4.69, 9.17) is 9.47 Å². The zero-order chi connectivity index (χ0) is 22.8. The number of hydrogen-bond donors (Lipinski definition) is 2. The smallest absolute Gasteiger partial charge is 0.408 e. The number of ether oxygens (including phenoxy) is 2. The van der Waals surface area contributed by atoms with E-state index in [2.05, 4.69) is 5.32 Å². The van der Waals surface area contributed by atoms with Crippen LogP contribution in [0.15, 0.2) is 60.7 Å². The Bertz CT molecular complexity index is 917. The molecule has 0 radical (unpaired) electrons. The van der Waals surface area contributed by atoms with Gasteiger partial charge in [0.1, 0.15) is 19.0 Å². The van der Waals surface area contributed by atoms with Gasteiger partial charge in [0.25, 0.3) is 0 Å². The third-order valence-corrected chi connectivity index (χ3v) is 7.99. The molecular weight excluding hydrogens is 429 g/mol. The minimum Gasteiger partial charge on any atom is -0.461 e. The summed E-state index contributed by atoms with van der Waals surface area (Å²) in [4.78, 5) is 35.2. The fourth-order valence-corrected chi connectivity index (χ4v) is 5.71. The van der Waals surface area contributed by atoms with Crippen LogP contribution in [-0.4, -0.2) is 28.9 Å². The fraction of sp³-hybridized carbons (Fsp3) is 0.417. The normalized spacial score (nSPS) is 16.3. The monoisotopic (exact) mass is 459 g/mol. The lowest BCUT2D eigenvalue weighted by Crippen LogP contribution is -2.37. The third-order valence-electron chi connectivity index (χ3n) is 5.59. The number of benzene rings is 2. The maximum Gasteiger partial charge on any atom is 0.408 e. The van der Waals surface area contributed by atoms with Gasteiger partial charge in [-0.15, -0.1) is 0 Å². The molecule has 8 heteroatoms. The van der Waals surface area contributed by atoms with Gasteiger partial charge in [0, 0.05) is 12.6 Å². The van der Waals surface area contributed by atoms with E-state index in [1.54, 1.807) is 0 Å². The van der Waals surface area contributed by atoms with Crippen LogP contribution in [0.25, 0.3) is 0 Å². The van der Waals surface area contributed by atoms with Crippen LogP contribution in [0, 0.1) is 5.92 Å². The Morgan fingerprint density at radius 3 is 2.06 bits per heavy atom. The summed E-state index contributed by atoms with van der Waals surface area (Å²) in [5, 5.41) is 2.53. The molecule has 0 heterocycles. The molecule has 7 nitrogen and oxygen atoms in total. The van der Waals surface area contributed by atoms with Gasteiger partial charge in [0.2, 0.25) is 7.37 Å². The molecule has 2 aromatic rings. The average Bonchev–Trinajstić information content (AvgIpc) is 2.77. The van der Waals surface area contributed by atoms with E-state index in [-0.39, 0.29) is 38.1 Å². The number of nitrogens with one attached hydrogen (secondary N) is 1. The minimum absolute atomic E-state index is 0.00849. The second-order valence-corrected chi connectivity index (χ2v) is 10.6. The van der Waals surface area contributed by atoms with Crippen molar-refractivity contribution in [2.75, 3.05) is 6.16 Å². The molecule has 2 atom stereocenters.